The minimum Gasteiger partial charge on any atom is -0.355 e. The van der Waals surface area contributed by atoms with E-state index in [1.165, 1.54) is 5.56 Å². The maximum absolute atomic E-state index is 4.80. The molecule has 3 aliphatic rings. The Balaban J connectivity index is 1.63. The number of aromatic nitrogens is 4. The molecule has 0 spiro atoms. The lowest BCUT2D eigenvalue weighted by atomic mass is 10.1. The topological polar surface area (TPSA) is 63.8 Å². The molecule has 0 radical (unpaired) electrons. The van der Waals surface area contributed by atoms with E-state index in [4.69, 9.17) is 9.97 Å². The van der Waals surface area contributed by atoms with Crippen LogP contribution in [0.4, 0.5) is 0 Å². The summed E-state index contributed by atoms with van der Waals surface area (Å²) in [6, 6.07) is 14.8. The van der Waals surface area contributed by atoms with E-state index in [2.05, 4.69) is 88.6 Å². The van der Waals surface area contributed by atoms with Crippen LogP contribution in [0.25, 0.3) is 46.4 Å². The van der Waals surface area contributed by atoms with Crippen molar-refractivity contribution < 1.29 is 0 Å². The first kappa shape index (κ1) is 18.7. The van der Waals surface area contributed by atoms with Gasteiger partial charge in [0.05, 0.1) is 22.8 Å². The van der Waals surface area contributed by atoms with Crippen LogP contribution in [0.3, 0.4) is 0 Å². The summed E-state index contributed by atoms with van der Waals surface area (Å²) in [5.41, 5.74) is 9.08. The average Bonchev–Trinajstić information content (AvgIpc) is 3.58. The van der Waals surface area contributed by atoms with Crippen molar-refractivity contribution in [3.8, 4) is 0 Å². The summed E-state index contributed by atoms with van der Waals surface area (Å²) >= 11 is 0. The normalized spacial score (nSPS) is 17.0. The fraction of sp³-hybridized carbons (Fsp3) is 0.154. The highest BCUT2D eigenvalue weighted by Gasteiger charge is 2.26. The molecule has 1 atom stereocenters. The van der Waals surface area contributed by atoms with Crippen LogP contribution in [0.15, 0.2) is 54.9 Å². The zero-order chi connectivity index (χ0) is 21.7. The standard InChI is InChI=1S/C26H24N6/c1-3-32-11-10-31(2)26(32)24-15-23-14-21-7-6-19(28-21)12-17-4-5-18(27-17)13-20-8-9-22(29-20)16-25(24)30-23/h4-16,26,28,30H,3H2,1-2H3. The second-order valence-corrected chi connectivity index (χ2v) is 8.30. The third kappa shape index (κ3) is 3.30. The molecule has 2 N–H and O–H groups in total. The smallest absolute Gasteiger partial charge is 0.129 e. The molecular formula is C26H24N6. The number of nitrogens with zero attached hydrogens (tertiary/aromatic N) is 4. The third-order valence-corrected chi connectivity index (χ3v) is 6.04. The molecule has 6 nitrogen and oxygen atoms in total. The highest BCUT2D eigenvalue weighted by Crippen LogP contribution is 2.33. The van der Waals surface area contributed by atoms with Crippen LogP contribution >= 0.6 is 0 Å². The summed E-state index contributed by atoms with van der Waals surface area (Å²) in [6.45, 7) is 3.12. The SMILES string of the molecule is CCN1C=CN(C)C1c1cc2cc3ccc(cc4nc(cc5nc(cc1[nH]2)C=C5)C=C4)[nH]3. The second-order valence-electron chi connectivity index (χ2n) is 8.30. The van der Waals surface area contributed by atoms with Crippen molar-refractivity contribution in [1.29, 1.82) is 0 Å². The van der Waals surface area contributed by atoms with E-state index in [1.807, 2.05) is 24.3 Å². The van der Waals surface area contributed by atoms with Crippen molar-refractivity contribution in [2.75, 3.05) is 13.6 Å². The molecule has 0 saturated carbocycles. The molecule has 3 aliphatic heterocycles. The zero-order valence-corrected chi connectivity index (χ0v) is 18.1. The minimum atomic E-state index is 0.145. The predicted octanol–water partition coefficient (Wildman–Crippen LogP) is 5.39. The van der Waals surface area contributed by atoms with Crippen LogP contribution in [0.1, 0.15) is 41.4 Å². The summed E-state index contributed by atoms with van der Waals surface area (Å²) in [4.78, 5) is 21.2. The Morgan fingerprint density at radius 1 is 0.750 bits per heavy atom. The van der Waals surface area contributed by atoms with Gasteiger partial charge in [-0.15, -0.1) is 0 Å². The Bertz CT molecular complexity index is 1450. The molecule has 3 aromatic rings. The summed E-state index contributed by atoms with van der Waals surface area (Å²) in [5, 5.41) is 0. The van der Waals surface area contributed by atoms with E-state index in [0.29, 0.717) is 0 Å². The molecule has 32 heavy (non-hydrogen) atoms. The van der Waals surface area contributed by atoms with Crippen LogP contribution in [-0.2, 0) is 0 Å². The Kier molecular flexibility index (Phi) is 4.24. The molecule has 0 amide bonds. The van der Waals surface area contributed by atoms with Gasteiger partial charge in [-0.05, 0) is 73.7 Å². The third-order valence-electron chi connectivity index (χ3n) is 6.04. The van der Waals surface area contributed by atoms with Gasteiger partial charge in [-0.2, -0.15) is 0 Å². The first-order chi connectivity index (χ1) is 15.6. The lowest BCUT2D eigenvalue weighted by molar-refractivity contribution is 0.187. The molecule has 1 unspecified atom stereocenters. The number of hydrogen-bond acceptors (Lipinski definition) is 4. The number of nitrogens with one attached hydrogen (secondary N) is 2. The van der Waals surface area contributed by atoms with Crippen molar-refractivity contribution in [1.82, 2.24) is 29.7 Å². The number of rotatable bonds is 2. The molecular weight excluding hydrogens is 396 g/mol. The lowest BCUT2D eigenvalue weighted by Crippen LogP contribution is -2.27. The van der Waals surface area contributed by atoms with E-state index in [1.54, 1.807) is 0 Å². The van der Waals surface area contributed by atoms with Crippen molar-refractivity contribution in [2.24, 2.45) is 0 Å². The molecule has 6 rings (SSSR count). The first-order valence-electron chi connectivity index (χ1n) is 10.9. The lowest BCUT2D eigenvalue weighted by Gasteiger charge is -2.29. The molecule has 6 heteroatoms. The first-order valence-corrected chi connectivity index (χ1v) is 10.9. The van der Waals surface area contributed by atoms with Crippen molar-refractivity contribution >= 4 is 46.4 Å². The maximum Gasteiger partial charge on any atom is 0.129 e. The molecule has 158 valence electrons. The van der Waals surface area contributed by atoms with Gasteiger partial charge in [0.15, 0.2) is 0 Å². The number of aromatic amines is 2. The van der Waals surface area contributed by atoms with Gasteiger partial charge in [-0.25, -0.2) is 9.97 Å². The van der Waals surface area contributed by atoms with Gasteiger partial charge in [0.25, 0.3) is 0 Å². The maximum atomic E-state index is 4.80. The molecule has 8 bridgehead atoms. The molecule has 0 aromatic carbocycles. The molecule has 0 fully saturated rings. The van der Waals surface area contributed by atoms with Gasteiger partial charge >= 0.3 is 0 Å². The highest BCUT2D eigenvalue weighted by atomic mass is 15.4. The van der Waals surface area contributed by atoms with Crippen molar-refractivity contribution in [2.45, 2.75) is 13.1 Å². The monoisotopic (exact) mass is 420 g/mol. The zero-order valence-electron chi connectivity index (χ0n) is 18.1. The predicted molar refractivity (Wildman–Crippen MR) is 131 cm³/mol. The Hall–Kier alpha value is -4.06. The number of fused-ring (bicyclic) bond motifs is 8. The Morgan fingerprint density at radius 2 is 1.41 bits per heavy atom. The minimum absolute atomic E-state index is 0.145. The van der Waals surface area contributed by atoms with Gasteiger partial charge in [-0.3, -0.25) is 0 Å². The van der Waals surface area contributed by atoms with Crippen LogP contribution < -0.4 is 0 Å². The van der Waals surface area contributed by atoms with Gasteiger partial charge in [0, 0.05) is 53.6 Å². The van der Waals surface area contributed by atoms with E-state index < -0.39 is 0 Å². The van der Waals surface area contributed by atoms with Crippen molar-refractivity contribution in [3.63, 3.8) is 0 Å². The van der Waals surface area contributed by atoms with E-state index in [9.17, 15) is 0 Å². The van der Waals surface area contributed by atoms with Gasteiger partial charge < -0.3 is 19.8 Å². The van der Waals surface area contributed by atoms with Crippen LogP contribution in [0, 0.1) is 0 Å². The molecule has 0 saturated heterocycles. The summed E-state index contributed by atoms with van der Waals surface area (Å²) in [5.74, 6) is 0. The largest absolute Gasteiger partial charge is 0.355 e. The summed E-state index contributed by atoms with van der Waals surface area (Å²) < 4.78 is 0. The quantitative estimate of drug-likeness (QED) is 0.402. The number of H-pyrrole nitrogens is 2. The van der Waals surface area contributed by atoms with Crippen LogP contribution in [0.2, 0.25) is 0 Å². The fourth-order valence-electron chi connectivity index (χ4n) is 4.52. The van der Waals surface area contributed by atoms with Crippen molar-refractivity contribution in [3.05, 3.63) is 83.2 Å². The molecule has 6 heterocycles. The van der Waals surface area contributed by atoms with Gasteiger partial charge in [0.1, 0.15) is 6.17 Å². The van der Waals surface area contributed by atoms with Gasteiger partial charge in [-0.1, -0.05) is 0 Å². The Morgan fingerprint density at radius 3 is 2.12 bits per heavy atom. The fourth-order valence-corrected chi connectivity index (χ4v) is 4.52. The number of hydrogen-bond donors (Lipinski definition) is 2. The van der Waals surface area contributed by atoms with Crippen LogP contribution in [-0.4, -0.2) is 43.3 Å². The van der Waals surface area contributed by atoms with E-state index in [0.717, 1.165) is 51.4 Å². The van der Waals surface area contributed by atoms with Gasteiger partial charge in [0.2, 0.25) is 0 Å². The van der Waals surface area contributed by atoms with E-state index >= 15 is 0 Å². The van der Waals surface area contributed by atoms with Crippen LogP contribution in [0.5, 0.6) is 0 Å². The average molecular weight is 421 g/mol. The van der Waals surface area contributed by atoms with E-state index in [-0.39, 0.29) is 6.17 Å². The summed E-state index contributed by atoms with van der Waals surface area (Å²) in [7, 11) is 2.12. The second kappa shape index (κ2) is 7.27. The molecule has 0 aliphatic carbocycles. The molecule has 3 aromatic heterocycles. The Labute approximate surface area is 186 Å². The summed E-state index contributed by atoms with van der Waals surface area (Å²) in [6.07, 6.45) is 12.6. The highest BCUT2D eigenvalue weighted by molar-refractivity contribution is 5.78.